The number of benzene rings is 1. The number of rotatable bonds is 5. The van der Waals surface area contributed by atoms with Gasteiger partial charge in [-0.25, -0.2) is 4.98 Å². The third kappa shape index (κ3) is 4.90. The zero-order valence-electron chi connectivity index (χ0n) is 19.9. The van der Waals surface area contributed by atoms with Crippen molar-refractivity contribution >= 4 is 51.7 Å². The molecule has 2 atom stereocenters. The summed E-state index contributed by atoms with van der Waals surface area (Å²) in [6.07, 6.45) is 5.29. The molecule has 5 rings (SSSR count). The minimum absolute atomic E-state index is 0.153. The van der Waals surface area contributed by atoms with Gasteiger partial charge in [0.2, 0.25) is 0 Å². The van der Waals surface area contributed by atoms with E-state index >= 15 is 0 Å². The first-order valence-electron chi connectivity index (χ1n) is 12.0. The summed E-state index contributed by atoms with van der Waals surface area (Å²) in [7, 11) is 0. The molecule has 0 radical (unpaired) electrons. The molecule has 1 amide bonds. The van der Waals surface area contributed by atoms with Crippen LogP contribution < -0.4 is 10.5 Å². The number of anilines is 1. The Morgan fingerprint density at radius 3 is 2.51 bits per heavy atom. The smallest absolute Gasteiger partial charge is 0.267 e. The van der Waals surface area contributed by atoms with E-state index in [2.05, 4.69) is 18.7 Å². The lowest BCUT2D eigenvalue weighted by molar-refractivity contribution is -0.122. The van der Waals surface area contributed by atoms with E-state index in [1.807, 2.05) is 48.5 Å². The molecular weight excluding hydrogens is 476 g/mol. The molecule has 1 aromatic carbocycles. The molecule has 2 aliphatic heterocycles. The normalized spacial score (nSPS) is 21.9. The zero-order chi connectivity index (χ0) is 24.5. The Balaban J connectivity index is 1.51. The van der Waals surface area contributed by atoms with Crippen LogP contribution in [0, 0.1) is 11.8 Å². The summed E-state index contributed by atoms with van der Waals surface area (Å²) in [4.78, 5) is 36.1. The van der Waals surface area contributed by atoms with Crippen LogP contribution in [0.15, 0.2) is 64.4 Å². The molecule has 2 aliphatic rings. The van der Waals surface area contributed by atoms with Gasteiger partial charge >= 0.3 is 0 Å². The molecule has 2 fully saturated rings. The second kappa shape index (κ2) is 9.95. The summed E-state index contributed by atoms with van der Waals surface area (Å²) in [6.45, 7) is 6.63. The van der Waals surface area contributed by atoms with Crippen LogP contribution in [0.5, 0.6) is 0 Å². The van der Waals surface area contributed by atoms with Crippen LogP contribution in [0.1, 0.15) is 31.4 Å². The highest BCUT2D eigenvalue weighted by molar-refractivity contribution is 8.26. The van der Waals surface area contributed by atoms with E-state index in [9.17, 15) is 9.59 Å². The fourth-order valence-electron chi connectivity index (χ4n) is 5.00. The van der Waals surface area contributed by atoms with Gasteiger partial charge in [-0.2, -0.15) is 0 Å². The Bertz CT molecular complexity index is 1360. The molecule has 6 nitrogen and oxygen atoms in total. The van der Waals surface area contributed by atoms with Crippen molar-refractivity contribution in [3.63, 3.8) is 0 Å². The van der Waals surface area contributed by atoms with Crippen molar-refractivity contribution < 1.29 is 4.79 Å². The van der Waals surface area contributed by atoms with Crippen molar-refractivity contribution in [2.45, 2.75) is 26.7 Å². The molecule has 4 heterocycles. The average Bonchev–Trinajstić information content (AvgIpc) is 3.11. The summed E-state index contributed by atoms with van der Waals surface area (Å²) >= 11 is 6.80. The van der Waals surface area contributed by atoms with Gasteiger partial charge in [0.1, 0.15) is 15.8 Å². The number of carbonyl (C=O) groups excluding carboxylic acids is 1. The molecule has 0 saturated carbocycles. The monoisotopic (exact) mass is 504 g/mol. The summed E-state index contributed by atoms with van der Waals surface area (Å²) in [6, 6.07) is 15.6. The van der Waals surface area contributed by atoms with Crippen molar-refractivity contribution in [1.29, 1.82) is 0 Å². The fourth-order valence-corrected chi connectivity index (χ4v) is 6.29. The lowest BCUT2D eigenvalue weighted by Gasteiger charge is -2.36. The van der Waals surface area contributed by atoms with E-state index in [4.69, 9.17) is 17.2 Å². The molecule has 2 aromatic heterocycles. The van der Waals surface area contributed by atoms with Crippen LogP contribution in [0.2, 0.25) is 0 Å². The Hall–Kier alpha value is -2.97. The van der Waals surface area contributed by atoms with Crippen LogP contribution >= 0.6 is 24.0 Å². The lowest BCUT2D eigenvalue weighted by atomic mass is 9.91. The van der Waals surface area contributed by atoms with Crippen LogP contribution in [0.3, 0.4) is 0 Å². The fraction of sp³-hybridized carbons (Fsp3) is 0.333. The molecular formula is C27H28N4O2S2. The Morgan fingerprint density at radius 1 is 1.06 bits per heavy atom. The maximum absolute atomic E-state index is 13.6. The molecule has 8 heteroatoms. The molecule has 0 bridgehead atoms. The SMILES string of the molecule is C[C@@H]1C[C@@H](C)CN(c2nc3ccccn3c(=O)c2/C=C2/SC(=S)N(CCc3ccccc3)C2=O)C1. The van der Waals surface area contributed by atoms with Gasteiger partial charge in [-0.1, -0.05) is 74.2 Å². The van der Waals surface area contributed by atoms with Gasteiger partial charge in [0.05, 0.1) is 10.5 Å². The van der Waals surface area contributed by atoms with Gasteiger partial charge in [0.25, 0.3) is 11.5 Å². The number of hydrogen-bond acceptors (Lipinski definition) is 6. The van der Waals surface area contributed by atoms with E-state index in [0.717, 1.165) is 31.5 Å². The van der Waals surface area contributed by atoms with Crippen molar-refractivity contribution in [3.8, 4) is 0 Å². The van der Waals surface area contributed by atoms with E-state index < -0.39 is 0 Å². The number of carbonyl (C=O) groups is 1. The second-order valence-corrected chi connectivity index (χ2v) is 11.2. The minimum atomic E-state index is -0.175. The number of aromatic nitrogens is 2. The molecule has 0 unspecified atom stereocenters. The number of piperidine rings is 1. The molecule has 3 aromatic rings. The predicted molar refractivity (Wildman–Crippen MR) is 147 cm³/mol. The zero-order valence-corrected chi connectivity index (χ0v) is 21.5. The number of thiocarbonyl (C=S) groups is 1. The Labute approximate surface area is 214 Å². The second-order valence-electron chi connectivity index (χ2n) is 9.50. The van der Waals surface area contributed by atoms with Crippen LogP contribution in [0.25, 0.3) is 11.7 Å². The molecule has 2 saturated heterocycles. The summed E-state index contributed by atoms with van der Waals surface area (Å²) in [5.41, 5.74) is 2.02. The maximum Gasteiger partial charge on any atom is 0.267 e. The van der Waals surface area contributed by atoms with Gasteiger partial charge in [-0.3, -0.25) is 18.9 Å². The van der Waals surface area contributed by atoms with Crippen LogP contribution in [-0.2, 0) is 11.2 Å². The highest BCUT2D eigenvalue weighted by atomic mass is 32.2. The van der Waals surface area contributed by atoms with Crippen molar-refractivity contribution in [2.24, 2.45) is 11.8 Å². The number of fused-ring (bicyclic) bond motifs is 1. The number of nitrogens with zero attached hydrogens (tertiary/aromatic N) is 4. The highest BCUT2D eigenvalue weighted by Gasteiger charge is 2.33. The first kappa shape index (κ1) is 23.8. The van der Waals surface area contributed by atoms with Gasteiger partial charge in [0.15, 0.2) is 0 Å². The van der Waals surface area contributed by atoms with E-state index in [1.54, 1.807) is 21.6 Å². The number of amides is 1. The van der Waals surface area contributed by atoms with Gasteiger partial charge in [0, 0.05) is 25.8 Å². The largest absolute Gasteiger partial charge is 0.355 e. The lowest BCUT2D eigenvalue weighted by Crippen LogP contribution is -2.40. The topological polar surface area (TPSA) is 57.9 Å². The number of pyridine rings is 1. The Morgan fingerprint density at radius 2 is 1.77 bits per heavy atom. The predicted octanol–water partition coefficient (Wildman–Crippen LogP) is 4.62. The van der Waals surface area contributed by atoms with Gasteiger partial charge in [-0.05, 0) is 48.4 Å². The molecule has 0 N–H and O–H groups in total. The van der Waals surface area contributed by atoms with E-state index in [1.165, 1.54) is 11.8 Å². The summed E-state index contributed by atoms with van der Waals surface area (Å²) in [5, 5.41) is 0. The van der Waals surface area contributed by atoms with Crippen molar-refractivity contribution in [1.82, 2.24) is 14.3 Å². The third-order valence-corrected chi connectivity index (χ3v) is 7.91. The first-order valence-corrected chi connectivity index (χ1v) is 13.2. The molecule has 35 heavy (non-hydrogen) atoms. The van der Waals surface area contributed by atoms with Crippen LogP contribution in [-0.4, -0.2) is 44.1 Å². The Kier molecular flexibility index (Phi) is 6.75. The highest BCUT2D eigenvalue weighted by Crippen LogP contribution is 2.34. The van der Waals surface area contributed by atoms with Gasteiger partial charge < -0.3 is 4.90 Å². The molecule has 180 valence electrons. The number of hydrogen-bond donors (Lipinski definition) is 0. The van der Waals surface area contributed by atoms with E-state index in [0.29, 0.717) is 44.6 Å². The van der Waals surface area contributed by atoms with Gasteiger partial charge in [-0.15, -0.1) is 0 Å². The number of thioether (sulfide) groups is 1. The minimum Gasteiger partial charge on any atom is -0.355 e. The third-order valence-electron chi connectivity index (χ3n) is 6.53. The molecule has 0 aliphatic carbocycles. The van der Waals surface area contributed by atoms with Crippen molar-refractivity contribution in [2.75, 3.05) is 24.5 Å². The van der Waals surface area contributed by atoms with Crippen molar-refractivity contribution in [3.05, 3.63) is 81.1 Å². The molecule has 0 spiro atoms. The first-order chi connectivity index (χ1) is 16.9. The standard InChI is InChI=1S/C27H28N4O2S2/c1-18-14-19(2)17-29(16-18)24-21(25(32)30-12-7-6-10-23(30)28-24)15-22-26(33)31(27(34)35-22)13-11-20-8-4-3-5-9-20/h3-10,12,15,18-19H,11,13-14,16-17H2,1-2H3/b22-15+/t18-,19-/m1/s1. The van der Waals surface area contributed by atoms with E-state index in [-0.39, 0.29) is 11.5 Å². The maximum atomic E-state index is 13.6. The summed E-state index contributed by atoms with van der Waals surface area (Å²) < 4.78 is 2.07. The quantitative estimate of drug-likeness (QED) is 0.373. The van der Waals surface area contributed by atoms with Crippen LogP contribution in [0.4, 0.5) is 5.82 Å². The summed E-state index contributed by atoms with van der Waals surface area (Å²) in [5.74, 6) is 1.49. The average molecular weight is 505 g/mol.